The van der Waals surface area contributed by atoms with Crippen LogP contribution in [0.1, 0.15) is 46.0 Å². The normalized spacial score (nSPS) is 21.4. The van der Waals surface area contributed by atoms with E-state index in [1.165, 1.54) is 0 Å². The van der Waals surface area contributed by atoms with Crippen molar-refractivity contribution in [1.29, 1.82) is 5.26 Å². The fourth-order valence-corrected chi connectivity index (χ4v) is 2.44. The first-order valence-corrected chi connectivity index (χ1v) is 7.12. The van der Waals surface area contributed by atoms with Crippen molar-refractivity contribution >= 4 is 11.9 Å². The molecule has 5 heteroatoms. The first-order valence-electron chi connectivity index (χ1n) is 7.12. The molecule has 1 atom stereocenters. The molecule has 5 nitrogen and oxygen atoms in total. The molecule has 0 radical (unpaired) electrons. The molecule has 0 aromatic rings. The van der Waals surface area contributed by atoms with Gasteiger partial charge in [0.15, 0.2) is 0 Å². The highest BCUT2D eigenvalue weighted by molar-refractivity contribution is 5.95. The lowest BCUT2D eigenvalue weighted by Crippen LogP contribution is -2.22. The van der Waals surface area contributed by atoms with Crippen molar-refractivity contribution in [3.05, 3.63) is 11.1 Å². The van der Waals surface area contributed by atoms with Gasteiger partial charge in [0.1, 0.15) is 11.6 Å². The average molecular weight is 279 g/mol. The third-order valence-electron chi connectivity index (χ3n) is 3.34. The van der Waals surface area contributed by atoms with Gasteiger partial charge in [-0.3, -0.25) is 4.79 Å². The number of nitriles is 1. The van der Waals surface area contributed by atoms with E-state index in [0.717, 1.165) is 19.3 Å². The standard InChI is InChI=1S/C15H21NO4/c1-3-19-14(17)12-9-7-5-6-8-11(12)13(10-16)15(18)20-4-2/h12H,3-9H2,1-2H3/b13-11-. The van der Waals surface area contributed by atoms with E-state index in [2.05, 4.69) is 0 Å². The molecular weight excluding hydrogens is 258 g/mol. The predicted octanol–water partition coefficient (Wildman–Crippen LogP) is 2.51. The first kappa shape index (κ1) is 16.2. The fraction of sp³-hybridized carbons (Fsp3) is 0.667. The van der Waals surface area contributed by atoms with Gasteiger partial charge in [-0.15, -0.1) is 0 Å². The summed E-state index contributed by atoms with van der Waals surface area (Å²) < 4.78 is 9.97. The van der Waals surface area contributed by atoms with Crippen molar-refractivity contribution in [2.24, 2.45) is 5.92 Å². The van der Waals surface area contributed by atoms with Crippen LogP contribution in [0, 0.1) is 17.2 Å². The van der Waals surface area contributed by atoms with Gasteiger partial charge < -0.3 is 9.47 Å². The van der Waals surface area contributed by atoms with Gasteiger partial charge in [0.2, 0.25) is 0 Å². The van der Waals surface area contributed by atoms with Gasteiger partial charge in [-0.2, -0.15) is 5.26 Å². The van der Waals surface area contributed by atoms with Crippen LogP contribution in [0.25, 0.3) is 0 Å². The Morgan fingerprint density at radius 2 is 1.90 bits per heavy atom. The summed E-state index contributed by atoms with van der Waals surface area (Å²) >= 11 is 0. The van der Waals surface area contributed by atoms with Crippen molar-refractivity contribution in [1.82, 2.24) is 0 Å². The maximum atomic E-state index is 12.0. The van der Waals surface area contributed by atoms with E-state index >= 15 is 0 Å². The van der Waals surface area contributed by atoms with Crippen molar-refractivity contribution in [2.45, 2.75) is 46.0 Å². The fourth-order valence-electron chi connectivity index (χ4n) is 2.44. The van der Waals surface area contributed by atoms with Crippen LogP contribution in [-0.4, -0.2) is 25.2 Å². The summed E-state index contributed by atoms with van der Waals surface area (Å²) in [4.78, 5) is 23.9. The Labute approximate surface area is 119 Å². The molecule has 0 aliphatic heterocycles. The molecule has 0 bridgehead atoms. The molecule has 1 fully saturated rings. The quantitative estimate of drug-likeness (QED) is 0.342. The zero-order valence-corrected chi connectivity index (χ0v) is 12.1. The summed E-state index contributed by atoms with van der Waals surface area (Å²) in [7, 11) is 0. The number of hydrogen-bond acceptors (Lipinski definition) is 5. The molecule has 0 saturated heterocycles. The molecular formula is C15H21NO4. The van der Waals surface area contributed by atoms with Crippen LogP contribution in [0.15, 0.2) is 11.1 Å². The van der Waals surface area contributed by atoms with Crippen molar-refractivity contribution in [3.8, 4) is 6.07 Å². The largest absolute Gasteiger partial charge is 0.466 e. The van der Waals surface area contributed by atoms with Crippen LogP contribution in [0.5, 0.6) is 0 Å². The molecule has 0 N–H and O–H groups in total. The molecule has 0 aromatic heterocycles. The lowest BCUT2D eigenvalue weighted by molar-refractivity contribution is -0.146. The number of esters is 2. The molecule has 20 heavy (non-hydrogen) atoms. The van der Waals surface area contributed by atoms with Crippen LogP contribution in [-0.2, 0) is 19.1 Å². The minimum atomic E-state index is -0.638. The highest BCUT2D eigenvalue weighted by Crippen LogP contribution is 2.32. The lowest BCUT2D eigenvalue weighted by atomic mass is 9.90. The Bertz CT molecular complexity index is 434. The van der Waals surface area contributed by atoms with Crippen LogP contribution >= 0.6 is 0 Å². The van der Waals surface area contributed by atoms with Crippen LogP contribution in [0.2, 0.25) is 0 Å². The molecule has 1 saturated carbocycles. The van der Waals surface area contributed by atoms with E-state index < -0.39 is 11.9 Å². The minimum absolute atomic E-state index is 0.0215. The number of ether oxygens (including phenoxy) is 2. The molecule has 0 heterocycles. The number of nitrogens with zero attached hydrogens (tertiary/aromatic N) is 1. The lowest BCUT2D eigenvalue weighted by Gasteiger charge is -2.17. The van der Waals surface area contributed by atoms with Crippen molar-refractivity contribution in [3.63, 3.8) is 0 Å². The third-order valence-corrected chi connectivity index (χ3v) is 3.34. The average Bonchev–Trinajstić information content (AvgIpc) is 2.66. The Morgan fingerprint density at radius 1 is 1.20 bits per heavy atom. The summed E-state index contributed by atoms with van der Waals surface area (Å²) in [5.74, 6) is -1.47. The van der Waals surface area contributed by atoms with Gasteiger partial charge in [0.05, 0.1) is 19.1 Å². The van der Waals surface area contributed by atoms with E-state index in [-0.39, 0.29) is 18.1 Å². The SMILES string of the molecule is CCOC(=O)/C(C#N)=C1/CCCCCC1C(=O)OCC. The van der Waals surface area contributed by atoms with E-state index in [0.29, 0.717) is 25.0 Å². The molecule has 0 aromatic carbocycles. The maximum Gasteiger partial charge on any atom is 0.348 e. The summed E-state index contributed by atoms with van der Waals surface area (Å²) in [6.45, 7) is 3.94. The molecule has 1 aliphatic carbocycles. The molecule has 0 spiro atoms. The number of carbonyl (C=O) groups is 2. The summed E-state index contributed by atoms with van der Waals surface area (Å²) in [5.41, 5.74) is 0.564. The van der Waals surface area contributed by atoms with E-state index in [9.17, 15) is 14.9 Å². The monoisotopic (exact) mass is 279 g/mol. The second-order valence-electron chi connectivity index (χ2n) is 4.64. The molecule has 1 rings (SSSR count). The van der Waals surface area contributed by atoms with Gasteiger partial charge in [-0.1, -0.05) is 12.8 Å². The smallest absolute Gasteiger partial charge is 0.348 e. The molecule has 0 amide bonds. The van der Waals surface area contributed by atoms with Crippen molar-refractivity contribution < 1.29 is 19.1 Å². The second-order valence-corrected chi connectivity index (χ2v) is 4.64. The van der Waals surface area contributed by atoms with Gasteiger partial charge >= 0.3 is 11.9 Å². The van der Waals surface area contributed by atoms with Crippen molar-refractivity contribution in [2.75, 3.05) is 13.2 Å². The number of rotatable bonds is 4. The predicted molar refractivity (Wildman–Crippen MR) is 72.5 cm³/mol. The Hall–Kier alpha value is -1.83. The van der Waals surface area contributed by atoms with Gasteiger partial charge in [0, 0.05) is 0 Å². The zero-order valence-electron chi connectivity index (χ0n) is 12.1. The number of hydrogen-bond donors (Lipinski definition) is 0. The molecule has 1 aliphatic rings. The molecule has 1 unspecified atom stereocenters. The zero-order chi connectivity index (χ0) is 15.0. The highest BCUT2D eigenvalue weighted by atomic mass is 16.5. The van der Waals surface area contributed by atoms with Crippen LogP contribution < -0.4 is 0 Å². The Kier molecular flexibility index (Phi) is 6.78. The van der Waals surface area contributed by atoms with Gasteiger partial charge in [-0.05, 0) is 38.7 Å². The third kappa shape index (κ3) is 4.09. The summed E-state index contributed by atoms with van der Waals surface area (Å²) in [5, 5.41) is 9.24. The van der Waals surface area contributed by atoms with Crippen LogP contribution in [0.3, 0.4) is 0 Å². The maximum absolute atomic E-state index is 12.0. The highest BCUT2D eigenvalue weighted by Gasteiger charge is 2.30. The topological polar surface area (TPSA) is 76.4 Å². The Balaban J connectivity index is 3.13. The van der Waals surface area contributed by atoms with E-state index in [1.807, 2.05) is 6.07 Å². The summed E-state index contributed by atoms with van der Waals surface area (Å²) in [6.07, 6.45) is 3.95. The van der Waals surface area contributed by atoms with E-state index in [1.54, 1.807) is 13.8 Å². The molecule has 110 valence electrons. The Morgan fingerprint density at radius 3 is 2.50 bits per heavy atom. The minimum Gasteiger partial charge on any atom is -0.466 e. The second kappa shape index (κ2) is 8.36. The van der Waals surface area contributed by atoms with Gasteiger partial charge in [-0.25, -0.2) is 4.79 Å². The van der Waals surface area contributed by atoms with Crippen LogP contribution in [0.4, 0.5) is 0 Å². The number of carbonyl (C=O) groups excluding carboxylic acids is 2. The first-order chi connectivity index (χ1) is 9.65. The van der Waals surface area contributed by atoms with E-state index in [4.69, 9.17) is 9.47 Å². The van der Waals surface area contributed by atoms with Gasteiger partial charge in [0.25, 0.3) is 0 Å². The summed E-state index contributed by atoms with van der Waals surface area (Å²) in [6, 6.07) is 1.91.